The SMILES string of the molecule is O=C(O)c1ccc(C(O)c2ccc(I)cc2)o1. The molecule has 2 N–H and O–H groups in total. The van der Waals surface area contributed by atoms with Crippen molar-refractivity contribution in [3.8, 4) is 0 Å². The molecule has 0 aliphatic rings. The first-order chi connectivity index (χ1) is 8.08. The molecule has 4 nitrogen and oxygen atoms in total. The molecule has 2 aromatic rings. The van der Waals surface area contributed by atoms with Gasteiger partial charge >= 0.3 is 5.97 Å². The first-order valence-electron chi connectivity index (χ1n) is 4.84. The number of hydrogen-bond acceptors (Lipinski definition) is 3. The third-order valence-corrected chi connectivity index (χ3v) is 3.01. The van der Waals surface area contributed by atoms with Gasteiger partial charge in [0.1, 0.15) is 11.9 Å². The van der Waals surface area contributed by atoms with Crippen molar-refractivity contribution in [2.24, 2.45) is 0 Å². The van der Waals surface area contributed by atoms with Gasteiger partial charge in [0.25, 0.3) is 0 Å². The van der Waals surface area contributed by atoms with Crippen LogP contribution in [0.15, 0.2) is 40.8 Å². The number of aliphatic hydroxyl groups is 1. The normalized spacial score (nSPS) is 12.4. The summed E-state index contributed by atoms with van der Waals surface area (Å²) in [6.07, 6.45) is -0.944. The highest BCUT2D eigenvalue weighted by molar-refractivity contribution is 14.1. The molecule has 0 bridgehead atoms. The van der Waals surface area contributed by atoms with Crippen LogP contribution >= 0.6 is 22.6 Å². The van der Waals surface area contributed by atoms with Crippen LogP contribution in [0.2, 0.25) is 0 Å². The zero-order valence-electron chi connectivity index (χ0n) is 8.63. The molecule has 2 rings (SSSR count). The van der Waals surface area contributed by atoms with Crippen LogP contribution in [0.25, 0.3) is 0 Å². The van der Waals surface area contributed by atoms with Gasteiger partial charge in [0.05, 0.1) is 0 Å². The second-order valence-electron chi connectivity index (χ2n) is 3.46. The smallest absolute Gasteiger partial charge is 0.371 e. The second-order valence-corrected chi connectivity index (χ2v) is 4.71. The van der Waals surface area contributed by atoms with E-state index in [0.29, 0.717) is 5.56 Å². The van der Waals surface area contributed by atoms with E-state index >= 15 is 0 Å². The van der Waals surface area contributed by atoms with E-state index in [1.165, 1.54) is 12.1 Å². The average Bonchev–Trinajstić information content (AvgIpc) is 2.78. The number of carboxylic acid groups (broad SMARTS) is 1. The molecule has 0 saturated carbocycles. The van der Waals surface area contributed by atoms with E-state index in [1.54, 1.807) is 12.1 Å². The van der Waals surface area contributed by atoms with Gasteiger partial charge in [-0.1, -0.05) is 12.1 Å². The second kappa shape index (κ2) is 4.89. The highest BCUT2D eigenvalue weighted by Gasteiger charge is 2.17. The van der Waals surface area contributed by atoms with Crippen LogP contribution in [0.4, 0.5) is 0 Å². The zero-order chi connectivity index (χ0) is 12.4. The fraction of sp³-hybridized carbons (Fsp3) is 0.0833. The first kappa shape index (κ1) is 12.1. The van der Waals surface area contributed by atoms with Gasteiger partial charge in [-0.3, -0.25) is 0 Å². The Morgan fingerprint density at radius 3 is 2.35 bits per heavy atom. The van der Waals surface area contributed by atoms with Crippen LogP contribution in [0.3, 0.4) is 0 Å². The van der Waals surface area contributed by atoms with Gasteiger partial charge < -0.3 is 14.6 Å². The Labute approximate surface area is 111 Å². The van der Waals surface area contributed by atoms with E-state index in [-0.39, 0.29) is 11.5 Å². The van der Waals surface area contributed by atoms with Crippen molar-refractivity contribution in [1.82, 2.24) is 0 Å². The van der Waals surface area contributed by atoms with Crippen LogP contribution in [-0.4, -0.2) is 16.2 Å². The maximum atomic E-state index is 10.6. The lowest BCUT2D eigenvalue weighted by Gasteiger charge is -2.07. The molecule has 0 amide bonds. The van der Waals surface area contributed by atoms with Gasteiger partial charge in [-0.15, -0.1) is 0 Å². The molecular weight excluding hydrogens is 335 g/mol. The molecule has 1 aromatic carbocycles. The maximum Gasteiger partial charge on any atom is 0.371 e. The molecule has 0 saturated heterocycles. The van der Waals surface area contributed by atoms with Gasteiger partial charge in [0, 0.05) is 3.57 Å². The molecular formula is C12H9IO4. The summed E-state index contributed by atoms with van der Waals surface area (Å²) in [7, 11) is 0. The van der Waals surface area contributed by atoms with Gasteiger partial charge in [-0.2, -0.15) is 0 Å². The Morgan fingerprint density at radius 2 is 1.82 bits per heavy atom. The lowest BCUT2D eigenvalue weighted by molar-refractivity contribution is 0.0655. The third kappa shape index (κ3) is 2.67. The number of halogens is 1. The van der Waals surface area contributed by atoms with Crippen molar-refractivity contribution >= 4 is 28.6 Å². The zero-order valence-corrected chi connectivity index (χ0v) is 10.8. The summed E-state index contributed by atoms with van der Waals surface area (Å²) >= 11 is 2.16. The summed E-state index contributed by atoms with van der Waals surface area (Å²) in [5, 5.41) is 18.7. The van der Waals surface area contributed by atoms with E-state index in [9.17, 15) is 9.90 Å². The molecule has 1 aromatic heterocycles. The van der Waals surface area contributed by atoms with Crippen LogP contribution in [0.1, 0.15) is 28.0 Å². The van der Waals surface area contributed by atoms with Crippen molar-refractivity contribution < 1.29 is 19.4 Å². The topological polar surface area (TPSA) is 70.7 Å². The van der Waals surface area contributed by atoms with Crippen molar-refractivity contribution in [1.29, 1.82) is 0 Å². The summed E-state index contributed by atoms with van der Waals surface area (Å²) in [5.41, 5.74) is 0.664. The number of rotatable bonds is 3. The van der Waals surface area contributed by atoms with E-state index in [0.717, 1.165) is 3.57 Å². The molecule has 1 unspecified atom stereocenters. The van der Waals surface area contributed by atoms with Crippen molar-refractivity contribution in [3.63, 3.8) is 0 Å². The third-order valence-electron chi connectivity index (χ3n) is 2.29. The number of carboxylic acids is 1. The van der Waals surface area contributed by atoms with Crippen molar-refractivity contribution in [2.45, 2.75) is 6.10 Å². The molecule has 5 heteroatoms. The van der Waals surface area contributed by atoms with E-state index < -0.39 is 12.1 Å². The van der Waals surface area contributed by atoms with Gasteiger partial charge in [0.15, 0.2) is 0 Å². The quantitative estimate of drug-likeness (QED) is 0.840. The van der Waals surface area contributed by atoms with E-state index in [2.05, 4.69) is 22.6 Å². The van der Waals surface area contributed by atoms with Gasteiger partial charge in [-0.25, -0.2) is 4.79 Å². The highest BCUT2D eigenvalue weighted by atomic mass is 127. The summed E-state index contributed by atoms with van der Waals surface area (Å²) in [6, 6.07) is 10.1. The first-order valence-corrected chi connectivity index (χ1v) is 5.92. The monoisotopic (exact) mass is 344 g/mol. The number of aliphatic hydroxyl groups excluding tert-OH is 1. The Morgan fingerprint density at radius 1 is 1.18 bits per heavy atom. The van der Waals surface area contributed by atoms with Crippen LogP contribution < -0.4 is 0 Å². The predicted molar refractivity (Wildman–Crippen MR) is 68.9 cm³/mol. The Balaban J connectivity index is 2.27. The highest BCUT2D eigenvalue weighted by Crippen LogP contribution is 2.24. The number of carbonyl (C=O) groups is 1. The molecule has 88 valence electrons. The Kier molecular flexibility index (Phi) is 3.49. The maximum absolute atomic E-state index is 10.6. The summed E-state index contributed by atoms with van der Waals surface area (Å²) < 4.78 is 6.10. The number of hydrogen-bond donors (Lipinski definition) is 2. The molecule has 1 atom stereocenters. The lowest BCUT2D eigenvalue weighted by Crippen LogP contribution is -1.98. The fourth-order valence-electron chi connectivity index (χ4n) is 1.42. The summed E-state index contributed by atoms with van der Waals surface area (Å²) in [4.78, 5) is 10.6. The Hall–Kier alpha value is -1.34. The molecule has 1 heterocycles. The Bertz CT molecular complexity index is 530. The molecule has 0 spiro atoms. The van der Waals surface area contributed by atoms with Crippen LogP contribution in [0.5, 0.6) is 0 Å². The number of furan rings is 1. The van der Waals surface area contributed by atoms with E-state index in [1.807, 2.05) is 12.1 Å². The predicted octanol–water partition coefficient (Wildman–Crippen LogP) is 2.66. The number of benzene rings is 1. The molecule has 17 heavy (non-hydrogen) atoms. The molecule has 0 radical (unpaired) electrons. The lowest BCUT2D eigenvalue weighted by atomic mass is 10.1. The summed E-state index contributed by atoms with van der Waals surface area (Å²) in [5.74, 6) is -1.10. The minimum absolute atomic E-state index is 0.176. The number of aromatic carboxylic acids is 1. The van der Waals surface area contributed by atoms with Crippen LogP contribution in [0, 0.1) is 3.57 Å². The standard InChI is InChI=1S/C12H9IO4/c13-8-3-1-7(2-4-8)11(14)9-5-6-10(17-9)12(15)16/h1-6,11,14H,(H,15,16). The minimum Gasteiger partial charge on any atom is -0.475 e. The van der Waals surface area contributed by atoms with E-state index in [4.69, 9.17) is 9.52 Å². The molecule has 0 fully saturated rings. The van der Waals surface area contributed by atoms with Gasteiger partial charge in [0.2, 0.25) is 5.76 Å². The fourth-order valence-corrected chi connectivity index (χ4v) is 1.78. The van der Waals surface area contributed by atoms with Gasteiger partial charge in [-0.05, 0) is 52.4 Å². The minimum atomic E-state index is -1.15. The largest absolute Gasteiger partial charge is 0.475 e. The average molecular weight is 344 g/mol. The van der Waals surface area contributed by atoms with Crippen molar-refractivity contribution in [2.75, 3.05) is 0 Å². The molecule has 0 aliphatic heterocycles. The van der Waals surface area contributed by atoms with Crippen LogP contribution in [-0.2, 0) is 0 Å². The summed E-state index contributed by atoms with van der Waals surface area (Å²) in [6.45, 7) is 0. The molecule has 0 aliphatic carbocycles. The van der Waals surface area contributed by atoms with Crippen molar-refractivity contribution in [3.05, 3.63) is 57.1 Å².